The third kappa shape index (κ3) is 3.49. The Labute approximate surface area is 179 Å². The predicted molar refractivity (Wildman–Crippen MR) is 112 cm³/mol. The molecule has 0 radical (unpaired) electrons. The molecule has 3 aromatic rings. The number of rotatable bonds is 6. The van der Waals surface area contributed by atoms with E-state index in [-0.39, 0.29) is 23.7 Å². The largest absolute Gasteiger partial charge is 0.487 e. The average molecular weight is 423 g/mol. The van der Waals surface area contributed by atoms with Crippen LogP contribution in [0.15, 0.2) is 43.2 Å². The van der Waals surface area contributed by atoms with Gasteiger partial charge < -0.3 is 9.64 Å². The Balaban J connectivity index is 1.23. The van der Waals surface area contributed by atoms with Crippen molar-refractivity contribution >= 4 is 5.95 Å². The highest BCUT2D eigenvalue weighted by molar-refractivity contribution is 5.62. The molecule has 1 saturated heterocycles. The number of hydrogen-bond donors (Lipinski definition) is 0. The summed E-state index contributed by atoms with van der Waals surface area (Å²) in [4.78, 5) is 18.9. The number of aryl methyl sites for hydroxylation is 1. The van der Waals surface area contributed by atoms with Crippen LogP contribution in [0.25, 0.3) is 11.1 Å². The maximum Gasteiger partial charge on any atom is 0.225 e. The summed E-state index contributed by atoms with van der Waals surface area (Å²) in [6, 6.07) is 2.51. The lowest BCUT2D eigenvalue weighted by molar-refractivity contribution is 0.247. The lowest BCUT2D eigenvalue weighted by atomic mass is 10.1. The smallest absolute Gasteiger partial charge is 0.225 e. The summed E-state index contributed by atoms with van der Waals surface area (Å²) < 4.78 is 34.8. The molecule has 0 bridgehead atoms. The molecule has 1 aromatic carbocycles. The van der Waals surface area contributed by atoms with Gasteiger partial charge in [0.15, 0.2) is 17.4 Å². The first-order chi connectivity index (χ1) is 15.0. The summed E-state index contributed by atoms with van der Waals surface area (Å²) in [6.07, 6.45) is 9.04. The molecule has 3 atom stereocenters. The highest BCUT2D eigenvalue weighted by Gasteiger charge is 2.66. The predicted octanol–water partition coefficient (Wildman–Crippen LogP) is 3.93. The fraction of sp³-hybridized carbons (Fsp3) is 0.391. The first-order valence-corrected chi connectivity index (χ1v) is 10.4. The normalized spacial score (nSPS) is 24.2. The van der Waals surface area contributed by atoms with E-state index in [2.05, 4.69) is 38.7 Å². The molecule has 2 aromatic heterocycles. The molecule has 1 aliphatic carbocycles. The van der Waals surface area contributed by atoms with Crippen LogP contribution >= 0.6 is 0 Å². The highest BCUT2D eigenvalue weighted by Crippen LogP contribution is 2.63. The maximum absolute atomic E-state index is 14.6. The number of anilines is 1. The summed E-state index contributed by atoms with van der Waals surface area (Å²) in [6.45, 7) is 6.19. The minimum atomic E-state index is -0.721. The summed E-state index contributed by atoms with van der Waals surface area (Å²) in [7, 11) is 0. The fourth-order valence-corrected chi connectivity index (χ4v) is 4.69. The molecule has 0 amide bonds. The van der Waals surface area contributed by atoms with Crippen LogP contribution in [0.4, 0.5) is 14.7 Å². The van der Waals surface area contributed by atoms with Crippen LogP contribution in [0.2, 0.25) is 0 Å². The van der Waals surface area contributed by atoms with E-state index in [1.807, 2.05) is 12.4 Å². The Morgan fingerprint density at radius 2 is 1.74 bits per heavy atom. The lowest BCUT2D eigenvalue weighted by Crippen LogP contribution is -2.29. The zero-order chi connectivity index (χ0) is 21.6. The Morgan fingerprint density at radius 3 is 2.32 bits per heavy atom. The van der Waals surface area contributed by atoms with Gasteiger partial charge >= 0.3 is 0 Å². The van der Waals surface area contributed by atoms with Crippen molar-refractivity contribution in [3.05, 3.63) is 60.4 Å². The fourth-order valence-electron chi connectivity index (χ4n) is 4.69. The number of fused-ring (bicyclic) bond motifs is 1. The topological polar surface area (TPSA) is 64.0 Å². The molecule has 2 fully saturated rings. The summed E-state index contributed by atoms with van der Waals surface area (Å²) in [5.41, 5.74) is 2.08. The van der Waals surface area contributed by atoms with E-state index >= 15 is 0 Å². The monoisotopic (exact) mass is 423 g/mol. The number of piperidine rings is 1. The molecule has 1 unspecified atom stereocenters. The van der Waals surface area contributed by atoms with Gasteiger partial charge in [0.1, 0.15) is 6.33 Å². The first kappa shape index (κ1) is 19.8. The molecule has 2 aliphatic rings. The minimum absolute atomic E-state index is 0.0427. The van der Waals surface area contributed by atoms with Crippen LogP contribution in [0.3, 0.4) is 0 Å². The van der Waals surface area contributed by atoms with Crippen LogP contribution in [0, 0.1) is 28.9 Å². The van der Waals surface area contributed by atoms with Crippen LogP contribution in [-0.2, 0) is 6.42 Å². The van der Waals surface area contributed by atoms with E-state index in [0.717, 1.165) is 31.0 Å². The van der Waals surface area contributed by atoms with E-state index in [1.54, 1.807) is 0 Å². The second-order valence-corrected chi connectivity index (χ2v) is 8.55. The first-order valence-electron chi connectivity index (χ1n) is 10.4. The Morgan fingerprint density at radius 1 is 1.06 bits per heavy atom. The van der Waals surface area contributed by atoms with Crippen molar-refractivity contribution in [1.82, 2.24) is 19.9 Å². The molecule has 5 rings (SSSR count). The van der Waals surface area contributed by atoms with Crippen molar-refractivity contribution in [2.45, 2.75) is 20.3 Å². The molecule has 3 heterocycles. The third-order valence-corrected chi connectivity index (χ3v) is 6.70. The van der Waals surface area contributed by atoms with Gasteiger partial charge in [0.2, 0.25) is 5.95 Å². The number of halogens is 2. The lowest BCUT2D eigenvalue weighted by Gasteiger charge is -2.22. The molecule has 0 spiro atoms. The quantitative estimate of drug-likeness (QED) is 0.599. The van der Waals surface area contributed by atoms with Gasteiger partial charge in [-0.1, -0.05) is 13.8 Å². The Bertz CT molecular complexity index is 1070. The maximum atomic E-state index is 14.6. The van der Waals surface area contributed by atoms with Gasteiger partial charge in [-0.3, -0.25) is 0 Å². The van der Waals surface area contributed by atoms with Gasteiger partial charge in [0.05, 0.1) is 6.61 Å². The molecule has 31 heavy (non-hydrogen) atoms. The van der Waals surface area contributed by atoms with Gasteiger partial charge in [0.25, 0.3) is 0 Å². The molecule has 1 aliphatic heterocycles. The Hall–Kier alpha value is -3.16. The second-order valence-electron chi connectivity index (χ2n) is 8.55. The van der Waals surface area contributed by atoms with Gasteiger partial charge in [-0.2, -0.15) is 0 Å². The number of benzene rings is 1. The number of ether oxygens (including phenoxy) is 1. The van der Waals surface area contributed by atoms with Crippen molar-refractivity contribution in [1.29, 1.82) is 0 Å². The van der Waals surface area contributed by atoms with Gasteiger partial charge in [-0.15, -0.1) is 0 Å². The van der Waals surface area contributed by atoms with Gasteiger partial charge in [0, 0.05) is 49.4 Å². The third-order valence-electron chi connectivity index (χ3n) is 6.70. The van der Waals surface area contributed by atoms with Crippen LogP contribution in [-0.4, -0.2) is 39.6 Å². The average Bonchev–Trinajstić information content (AvgIpc) is 3.15. The molecule has 0 N–H and O–H groups in total. The second kappa shape index (κ2) is 7.51. The molecular formula is C23H23F2N5O. The molecular weight excluding hydrogens is 400 g/mol. The molecule has 8 heteroatoms. The molecule has 6 nitrogen and oxygen atoms in total. The van der Waals surface area contributed by atoms with E-state index in [4.69, 9.17) is 4.74 Å². The standard InChI is InChI=1S/C23H23F2N5O/c1-3-14-6-28-22(29-7-14)30-10-17-18(23(17,2)12-30)11-31-21-19(24)4-15(5-20(21)25)16-8-26-13-27-9-16/h4-9,13,17-18H,3,10-12H2,1-2H3/t17?,18-,23-/m1/s1. The van der Waals surface area contributed by atoms with E-state index in [1.165, 1.54) is 30.9 Å². The van der Waals surface area contributed by atoms with E-state index < -0.39 is 11.6 Å². The van der Waals surface area contributed by atoms with Crippen LogP contribution in [0.1, 0.15) is 19.4 Å². The van der Waals surface area contributed by atoms with Gasteiger partial charge in [-0.05, 0) is 41.0 Å². The van der Waals surface area contributed by atoms with Crippen molar-refractivity contribution in [2.75, 3.05) is 24.6 Å². The summed E-state index contributed by atoms with van der Waals surface area (Å²) in [5.74, 6) is -0.387. The number of hydrogen-bond acceptors (Lipinski definition) is 6. The van der Waals surface area contributed by atoms with E-state index in [0.29, 0.717) is 17.0 Å². The van der Waals surface area contributed by atoms with E-state index in [9.17, 15) is 8.78 Å². The number of aromatic nitrogens is 4. The molecule has 1 saturated carbocycles. The van der Waals surface area contributed by atoms with Crippen molar-refractivity contribution in [3.8, 4) is 16.9 Å². The zero-order valence-electron chi connectivity index (χ0n) is 17.4. The minimum Gasteiger partial charge on any atom is -0.487 e. The molecule has 160 valence electrons. The van der Waals surface area contributed by atoms with Crippen LogP contribution < -0.4 is 9.64 Å². The van der Waals surface area contributed by atoms with Crippen LogP contribution in [0.5, 0.6) is 5.75 Å². The Kier molecular flexibility index (Phi) is 4.79. The summed E-state index contributed by atoms with van der Waals surface area (Å²) in [5, 5.41) is 0. The zero-order valence-corrected chi connectivity index (χ0v) is 17.4. The summed E-state index contributed by atoms with van der Waals surface area (Å²) >= 11 is 0. The number of nitrogens with zero attached hydrogens (tertiary/aromatic N) is 5. The van der Waals surface area contributed by atoms with Crippen molar-refractivity contribution in [2.24, 2.45) is 17.3 Å². The van der Waals surface area contributed by atoms with Gasteiger partial charge in [-0.25, -0.2) is 28.7 Å². The van der Waals surface area contributed by atoms with Crippen molar-refractivity contribution < 1.29 is 13.5 Å². The van der Waals surface area contributed by atoms with Crippen molar-refractivity contribution in [3.63, 3.8) is 0 Å². The SMILES string of the molecule is CCc1cnc(N2CC3[C@@H](COc4c(F)cc(-c5cncnc5)cc4F)[C@]3(C)C2)nc1. The highest BCUT2D eigenvalue weighted by atomic mass is 19.1.